The first kappa shape index (κ1) is 19.5. The molecule has 0 radical (unpaired) electrons. The SMILES string of the molecule is C[C@H](NC(=O)/C=C/c1cccc(OC(F)(F)F)c1)c1ccc2ccccc2c1. The molecule has 3 rings (SSSR count). The standard InChI is InChI=1S/C22H18F3NO2/c1-15(18-11-10-17-6-2-3-7-19(17)14-18)26-21(27)12-9-16-5-4-8-20(13-16)28-22(23,24)25/h2-15H,1H3,(H,26,27)/b12-9+/t15-/m0/s1. The lowest BCUT2D eigenvalue weighted by Gasteiger charge is -2.14. The summed E-state index contributed by atoms with van der Waals surface area (Å²) < 4.78 is 40.7. The van der Waals surface area contributed by atoms with Gasteiger partial charge in [-0.25, -0.2) is 0 Å². The van der Waals surface area contributed by atoms with Gasteiger partial charge in [0.1, 0.15) is 5.75 Å². The molecule has 0 aromatic heterocycles. The third-order valence-electron chi connectivity index (χ3n) is 4.15. The summed E-state index contributed by atoms with van der Waals surface area (Å²) in [5.41, 5.74) is 1.39. The molecule has 3 nitrogen and oxygen atoms in total. The highest BCUT2D eigenvalue weighted by Gasteiger charge is 2.31. The van der Waals surface area contributed by atoms with E-state index in [0.717, 1.165) is 16.3 Å². The average molecular weight is 385 g/mol. The molecule has 0 bridgehead atoms. The predicted octanol–water partition coefficient (Wildman–Crippen LogP) is 5.63. The molecule has 0 heterocycles. The van der Waals surface area contributed by atoms with Gasteiger partial charge in [0.25, 0.3) is 0 Å². The third kappa shape index (κ3) is 5.36. The number of carbonyl (C=O) groups excluding carboxylic acids is 1. The second-order valence-electron chi connectivity index (χ2n) is 6.29. The molecule has 144 valence electrons. The van der Waals surface area contributed by atoms with E-state index < -0.39 is 6.36 Å². The van der Waals surface area contributed by atoms with E-state index >= 15 is 0 Å². The second-order valence-corrected chi connectivity index (χ2v) is 6.29. The highest BCUT2D eigenvalue weighted by molar-refractivity contribution is 5.92. The highest BCUT2D eigenvalue weighted by atomic mass is 19.4. The molecule has 28 heavy (non-hydrogen) atoms. The molecule has 3 aromatic rings. The summed E-state index contributed by atoms with van der Waals surface area (Å²) in [6, 6.07) is 19.1. The van der Waals surface area contributed by atoms with E-state index in [1.807, 2.05) is 49.4 Å². The Hall–Kier alpha value is -3.28. The summed E-state index contributed by atoms with van der Waals surface area (Å²) >= 11 is 0. The van der Waals surface area contributed by atoms with Crippen LogP contribution in [0.4, 0.5) is 13.2 Å². The lowest BCUT2D eigenvalue weighted by molar-refractivity contribution is -0.274. The van der Waals surface area contributed by atoms with Crippen LogP contribution in [0.15, 0.2) is 72.8 Å². The molecule has 3 aromatic carbocycles. The maximum atomic E-state index is 12.3. The van der Waals surface area contributed by atoms with Gasteiger partial charge >= 0.3 is 6.36 Å². The molecule has 1 N–H and O–H groups in total. The van der Waals surface area contributed by atoms with Crippen molar-refractivity contribution in [3.05, 3.63) is 83.9 Å². The van der Waals surface area contributed by atoms with Gasteiger partial charge in [-0.05, 0) is 53.1 Å². The third-order valence-corrected chi connectivity index (χ3v) is 4.15. The fourth-order valence-electron chi connectivity index (χ4n) is 2.81. The Labute approximate surface area is 160 Å². The van der Waals surface area contributed by atoms with Crippen molar-refractivity contribution >= 4 is 22.8 Å². The summed E-state index contributed by atoms with van der Waals surface area (Å²) in [4.78, 5) is 12.2. The van der Waals surface area contributed by atoms with Crippen molar-refractivity contribution in [1.29, 1.82) is 0 Å². The van der Waals surface area contributed by atoms with Gasteiger partial charge in [0.05, 0.1) is 6.04 Å². The topological polar surface area (TPSA) is 38.3 Å². The molecule has 0 spiro atoms. The van der Waals surface area contributed by atoms with E-state index in [1.165, 1.54) is 30.4 Å². The van der Waals surface area contributed by atoms with Crippen molar-refractivity contribution in [1.82, 2.24) is 5.32 Å². The van der Waals surface area contributed by atoms with Crippen molar-refractivity contribution in [3.8, 4) is 5.75 Å². The maximum absolute atomic E-state index is 12.3. The van der Waals surface area contributed by atoms with Gasteiger partial charge in [-0.3, -0.25) is 4.79 Å². The molecule has 1 amide bonds. The number of hydrogen-bond acceptors (Lipinski definition) is 2. The van der Waals surface area contributed by atoms with Crippen LogP contribution in [0.5, 0.6) is 5.75 Å². The lowest BCUT2D eigenvalue weighted by atomic mass is 10.0. The molecule has 6 heteroatoms. The van der Waals surface area contributed by atoms with Gasteiger partial charge in [-0.15, -0.1) is 13.2 Å². The average Bonchev–Trinajstić information content (AvgIpc) is 2.65. The van der Waals surface area contributed by atoms with Gasteiger partial charge < -0.3 is 10.1 Å². The highest BCUT2D eigenvalue weighted by Crippen LogP contribution is 2.24. The molecular weight excluding hydrogens is 367 g/mol. The summed E-state index contributed by atoms with van der Waals surface area (Å²) in [5, 5.41) is 5.04. The first-order valence-electron chi connectivity index (χ1n) is 8.63. The van der Waals surface area contributed by atoms with Crippen molar-refractivity contribution in [2.24, 2.45) is 0 Å². The Bertz CT molecular complexity index is 1010. The van der Waals surface area contributed by atoms with Crippen LogP contribution in [0, 0.1) is 0 Å². The van der Waals surface area contributed by atoms with Crippen molar-refractivity contribution in [3.63, 3.8) is 0 Å². The Balaban J connectivity index is 1.65. The monoisotopic (exact) mass is 385 g/mol. The Morgan fingerprint density at radius 3 is 2.50 bits per heavy atom. The smallest absolute Gasteiger partial charge is 0.406 e. The quantitative estimate of drug-likeness (QED) is 0.578. The summed E-state index contributed by atoms with van der Waals surface area (Å²) in [7, 11) is 0. The van der Waals surface area contributed by atoms with Gasteiger partial charge in [0.15, 0.2) is 0 Å². The van der Waals surface area contributed by atoms with E-state index in [9.17, 15) is 18.0 Å². The molecule has 1 atom stereocenters. The molecule has 0 aliphatic rings. The van der Waals surface area contributed by atoms with E-state index in [-0.39, 0.29) is 17.7 Å². The Kier molecular flexibility index (Phi) is 5.68. The van der Waals surface area contributed by atoms with Crippen LogP contribution in [0.2, 0.25) is 0 Å². The van der Waals surface area contributed by atoms with Crippen LogP contribution in [0.1, 0.15) is 24.1 Å². The fourth-order valence-corrected chi connectivity index (χ4v) is 2.81. The van der Waals surface area contributed by atoms with Crippen LogP contribution in [-0.4, -0.2) is 12.3 Å². The fraction of sp³-hybridized carbons (Fsp3) is 0.136. The zero-order valence-corrected chi connectivity index (χ0v) is 15.0. The number of ether oxygens (including phenoxy) is 1. The molecule has 0 saturated heterocycles. The predicted molar refractivity (Wildman–Crippen MR) is 103 cm³/mol. The molecule has 0 fully saturated rings. The number of benzene rings is 3. The largest absolute Gasteiger partial charge is 0.573 e. The zero-order valence-electron chi connectivity index (χ0n) is 15.0. The van der Waals surface area contributed by atoms with E-state index in [1.54, 1.807) is 6.07 Å². The van der Waals surface area contributed by atoms with Gasteiger partial charge in [-0.1, -0.05) is 48.5 Å². The number of alkyl halides is 3. The van der Waals surface area contributed by atoms with E-state index in [4.69, 9.17) is 0 Å². The zero-order chi connectivity index (χ0) is 20.1. The number of nitrogens with one attached hydrogen (secondary N) is 1. The normalized spacial score (nSPS) is 12.9. The van der Waals surface area contributed by atoms with Crippen LogP contribution in [0.25, 0.3) is 16.8 Å². The van der Waals surface area contributed by atoms with Gasteiger partial charge in [0, 0.05) is 6.08 Å². The second kappa shape index (κ2) is 8.17. The first-order valence-corrected chi connectivity index (χ1v) is 8.63. The Morgan fingerprint density at radius 1 is 1.00 bits per heavy atom. The molecule has 0 unspecified atom stereocenters. The van der Waals surface area contributed by atoms with Crippen LogP contribution >= 0.6 is 0 Å². The van der Waals surface area contributed by atoms with Crippen molar-refractivity contribution in [2.45, 2.75) is 19.3 Å². The minimum Gasteiger partial charge on any atom is -0.406 e. The molecule has 0 aliphatic heterocycles. The van der Waals surface area contributed by atoms with E-state index in [0.29, 0.717) is 5.56 Å². The van der Waals surface area contributed by atoms with Gasteiger partial charge in [-0.2, -0.15) is 0 Å². The van der Waals surface area contributed by atoms with Gasteiger partial charge in [0.2, 0.25) is 5.91 Å². The minimum absolute atomic E-state index is 0.221. The Morgan fingerprint density at radius 2 is 1.75 bits per heavy atom. The summed E-state index contributed by atoms with van der Waals surface area (Å²) in [5.74, 6) is -0.678. The number of rotatable bonds is 5. The van der Waals surface area contributed by atoms with Crippen molar-refractivity contribution in [2.75, 3.05) is 0 Å². The first-order chi connectivity index (χ1) is 13.3. The number of hydrogen-bond donors (Lipinski definition) is 1. The van der Waals surface area contributed by atoms with Crippen LogP contribution < -0.4 is 10.1 Å². The number of fused-ring (bicyclic) bond motifs is 1. The van der Waals surface area contributed by atoms with Crippen LogP contribution in [0.3, 0.4) is 0 Å². The molecule has 0 saturated carbocycles. The van der Waals surface area contributed by atoms with E-state index in [2.05, 4.69) is 10.1 Å². The maximum Gasteiger partial charge on any atom is 0.573 e. The molecular formula is C22H18F3NO2. The minimum atomic E-state index is -4.75. The number of amides is 1. The summed E-state index contributed by atoms with van der Waals surface area (Å²) in [6.07, 6.45) is -2.04. The summed E-state index contributed by atoms with van der Waals surface area (Å²) in [6.45, 7) is 1.87. The molecule has 0 aliphatic carbocycles. The van der Waals surface area contributed by atoms with Crippen LogP contribution in [-0.2, 0) is 4.79 Å². The number of carbonyl (C=O) groups is 1. The van der Waals surface area contributed by atoms with Crippen molar-refractivity contribution < 1.29 is 22.7 Å². The number of halogens is 3. The lowest BCUT2D eigenvalue weighted by Crippen LogP contribution is -2.24.